The molecule has 4 rings (SSSR count). The second-order valence-electron chi connectivity index (χ2n) is 11.3. The molecule has 0 aromatic rings. The second kappa shape index (κ2) is 10.6. The first-order chi connectivity index (χ1) is 17.5. The summed E-state index contributed by atoms with van der Waals surface area (Å²) in [6, 6.07) is -4.06. The Morgan fingerprint density at radius 2 is 1.82 bits per heavy atom. The van der Waals surface area contributed by atoms with Gasteiger partial charge in [-0.25, -0.2) is 8.78 Å². The molecule has 38 heavy (non-hydrogen) atoms. The van der Waals surface area contributed by atoms with Gasteiger partial charge in [0.2, 0.25) is 17.7 Å². The van der Waals surface area contributed by atoms with Gasteiger partial charge < -0.3 is 20.9 Å². The summed E-state index contributed by atoms with van der Waals surface area (Å²) in [5.41, 5.74) is -1.26. The highest BCUT2D eigenvalue weighted by atomic mass is 19.4. The van der Waals surface area contributed by atoms with Gasteiger partial charge in [0.25, 0.3) is 5.92 Å². The lowest BCUT2D eigenvalue weighted by Gasteiger charge is -2.55. The molecule has 4 amide bonds. The smallest absolute Gasteiger partial charge is 0.356 e. The van der Waals surface area contributed by atoms with Crippen molar-refractivity contribution in [3.8, 4) is 6.07 Å². The average molecular weight is 550 g/mol. The molecule has 1 aliphatic carbocycles. The second-order valence-corrected chi connectivity index (χ2v) is 11.3. The van der Waals surface area contributed by atoms with Crippen LogP contribution in [-0.4, -0.2) is 71.3 Å². The van der Waals surface area contributed by atoms with E-state index >= 15 is 0 Å². The number of carbonyl (C=O) groups excluding carboxylic acids is 4. The molecule has 6 atom stereocenters. The summed E-state index contributed by atoms with van der Waals surface area (Å²) in [5.74, 6) is -10.3. The molecule has 14 heteroatoms. The quantitative estimate of drug-likeness (QED) is 0.437. The fourth-order valence-electron chi connectivity index (χ4n) is 5.58. The minimum absolute atomic E-state index is 0.0640. The molecule has 3 saturated heterocycles. The molecule has 4 fully saturated rings. The number of carbonyl (C=O) groups is 4. The predicted molar refractivity (Wildman–Crippen MR) is 122 cm³/mol. The molecule has 9 nitrogen and oxygen atoms in total. The van der Waals surface area contributed by atoms with E-state index in [0.29, 0.717) is 19.4 Å². The van der Waals surface area contributed by atoms with Gasteiger partial charge in [-0.1, -0.05) is 20.8 Å². The van der Waals surface area contributed by atoms with E-state index in [1.165, 1.54) is 20.8 Å². The zero-order valence-corrected chi connectivity index (χ0v) is 21.3. The van der Waals surface area contributed by atoms with Crippen LogP contribution in [0.3, 0.4) is 0 Å². The number of amides is 4. The van der Waals surface area contributed by atoms with Crippen molar-refractivity contribution in [2.75, 3.05) is 6.54 Å². The van der Waals surface area contributed by atoms with E-state index in [9.17, 15) is 46.4 Å². The Morgan fingerprint density at radius 1 is 1.16 bits per heavy atom. The van der Waals surface area contributed by atoms with Crippen LogP contribution in [0.2, 0.25) is 0 Å². The Morgan fingerprint density at radius 3 is 2.34 bits per heavy atom. The van der Waals surface area contributed by atoms with Gasteiger partial charge in [-0.2, -0.15) is 18.4 Å². The number of rotatable bonds is 6. The highest BCUT2D eigenvalue weighted by Gasteiger charge is 2.61. The summed E-state index contributed by atoms with van der Waals surface area (Å²) in [5, 5.41) is 16.3. The Labute approximate surface area is 216 Å². The molecule has 4 aliphatic rings. The van der Waals surface area contributed by atoms with E-state index in [4.69, 9.17) is 0 Å². The van der Waals surface area contributed by atoms with Crippen molar-refractivity contribution in [3.63, 3.8) is 0 Å². The topological polar surface area (TPSA) is 131 Å². The van der Waals surface area contributed by atoms with E-state index < -0.39 is 77.7 Å². The SMILES string of the molecule is CC(C)(C)[C@H](NC(=O)C(F)(F)F)C(=O)N1[C@H]2CC[C@@H]([C@@H]1C(=O)N[C@@H](C#N)C[C@@H]1CCCNC1=O)C(F)(F)C2. The predicted octanol–water partition coefficient (Wildman–Crippen LogP) is 2.02. The minimum atomic E-state index is -5.29. The van der Waals surface area contributed by atoms with Gasteiger partial charge in [-0.15, -0.1) is 0 Å². The molecule has 1 saturated carbocycles. The molecule has 3 heterocycles. The summed E-state index contributed by atoms with van der Waals surface area (Å²) >= 11 is 0. The van der Waals surface area contributed by atoms with Crippen molar-refractivity contribution in [3.05, 3.63) is 0 Å². The molecule has 0 unspecified atom stereocenters. The maximum Gasteiger partial charge on any atom is 0.471 e. The van der Waals surface area contributed by atoms with E-state index in [0.717, 1.165) is 4.90 Å². The van der Waals surface area contributed by atoms with Gasteiger partial charge in [-0.3, -0.25) is 19.2 Å². The molecule has 2 bridgehead atoms. The molecular weight excluding hydrogens is 517 g/mol. The summed E-state index contributed by atoms with van der Waals surface area (Å²) in [6.07, 6.45) is -5.00. The van der Waals surface area contributed by atoms with E-state index in [2.05, 4.69) is 10.6 Å². The van der Waals surface area contributed by atoms with Crippen molar-refractivity contribution in [1.82, 2.24) is 20.9 Å². The third-order valence-corrected chi connectivity index (χ3v) is 7.50. The van der Waals surface area contributed by atoms with Gasteiger partial charge in [-0.05, 0) is 37.5 Å². The lowest BCUT2D eigenvalue weighted by atomic mass is 9.70. The molecule has 0 spiro atoms. The van der Waals surface area contributed by atoms with Crippen LogP contribution in [0.15, 0.2) is 0 Å². The zero-order valence-electron chi connectivity index (χ0n) is 21.3. The Kier molecular flexibility index (Phi) is 8.29. The monoisotopic (exact) mass is 549 g/mol. The third kappa shape index (κ3) is 6.18. The van der Waals surface area contributed by atoms with Crippen molar-refractivity contribution < 1.29 is 41.1 Å². The fourth-order valence-corrected chi connectivity index (χ4v) is 5.58. The zero-order chi connectivity index (χ0) is 28.6. The van der Waals surface area contributed by atoms with Crippen LogP contribution in [0.25, 0.3) is 0 Å². The standard InChI is InChI=1S/C24H32F5N5O4/c1-22(2,3)17(33-21(38)24(27,28)29)20(37)34-14-6-7-15(23(25,26)10-14)16(34)19(36)32-13(11-30)9-12-5-4-8-31-18(12)35/h12-17H,4-10H2,1-3H3,(H,31,35)(H,32,36)(H,33,38)/t12-,13+,14-,15-,16+,17+/m0/s1. The van der Waals surface area contributed by atoms with Crippen molar-refractivity contribution in [2.45, 2.75) is 95.6 Å². The summed E-state index contributed by atoms with van der Waals surface area (Å²) in [4.78, 5) is 51.7. The van der Waals surface area contributed by atoms with E-state index in [-0.39, 0.29) is 25.2 Å². The Bertz CT molecular complexity index is 1010. The Balaban J connectivity index is 1.90. The molecule has 0 aromatic carbocycles. The largest absolute Gasteiger partial charge is 0.471 e. The first-order valence-corrected chi connectivity index (χ1v) is 12.5. The maximum atomic E-state index is 14.9. The first kappa shape index (κ1) is 29.6. The number of nitriles is 1. The molecule has 212 valence electrons. The highest BCUT2D eigenvalue weighted by molar-refractivity contribution is 5.94. The molecular formula is C24H32F5N5O4. The molecule has 0 radical (unpaired) electrons. The molecule has 0 aromatic heterocycles. The number of nitrogens with one attached hydrogen (secondary N) is 3. The molecule has 3 aliphatic heterocycles. The number of piperidine rings is 3. The lowest BCUT2D eigenvalue weighted by molar-refractivity contribution is -0.197. The number of hydrogen-bond donors (Lipinski definition) is 3. The van der Waals surface area contributed by atoms with Crippen LogP contribution in [0.1, 0.15) is 59.3 Å². The van der Waals surface area contributed by atoms with Crippen LogP contribution >= 0.6 is 0 Å². The van der Waals surface area contributed by atoms with Crippen molar-refractivity contribution in [1.29, 1.82) is 5.26 Å². The number of halogens is 5. The number of fused-ring (bicyclic) bond motifs is 3. The third-order valence-electron chi connectivity index (χ3n) is 7.50. The summed E-state index contributed by atoms with van der Waals surface area (Å²) < 4.78 is 68.9. The van der Waals surface area contributed by atoms with Crippen LogP contribution in [0.5, 0.6) is 0 Å². The van der Waals surface area contributed by atoms with Gasteiger partial charge >= 0.3 is 12.1 Å². The van der Waals surface area contributed by atoms with Crippen molar-refractivity contribution in [2.24, 2.45) is 17.3 Å². The van der Waals surface area contributed by atoms with Gasteiger partial charge in [0.05, 0.1) is 12.0 Å². The number of nitrogens with zero attached hydrogens (tertiary/aromatic N) is 2. The number of alkyl halides is 5. The van der Waals surface area contributed by atoms with E-state index in [1.807, 2.05) is 6.07 Å². The van der Waals surface area contributed by atoms with Gasteiger partial charge in [0.15, 0.2) is 0 Å². The van der Waals surface area contributed by atoms with Crippen LogP contribution in [0, 0.1) is 28.6 Å². The van der Waals surface area contributed by atoms with Crippen molar-refractivity contribution >= 4 is 23.6 Å². The maximum absolute atomic E-state index is 14.9. The molecule has 3 N–H and O–H groups in total. The average Bonchev–Trinajstić information content (AvgIpc) is 2.80. The fraction of sp³-hybridized carbons (Fsp3) is 0.792. The highest BCUT2D eigenvalue weighted by Crippen LogP contribution is 2.49. The van der Waals surface area contributed by atoms with Gasteiger partial charge in [0.1, 0.15) is 18.1 Å². The van der Waals surface area contributed by atoms with Gasteiger partial charge in [0, 0.05) is 24.9 Å². The number of hydrogen-bond acceptors (Lipinski definition) is 5. The van der Waals surface area contributed by atoms with Crippen LogP contribution in [0.4, 0.5) is 22.0 Å². The van der Waals surface area contributed by atoms with Crippen LogP contribution < -0.4 is 16.0 Å². The van der Waals surface area contributed by atoms with Crippen LogP contribution in [-0.2, 0) is 19.2 Å². The summed E-state index contributed by atoms with van der Waals surface area (Å²) in [7, 11) is 0. The first-order valence-electron chi connectivity index (χ1n) is 12.5. The summed E-state index contributed by atoms with van der Waals surface area (Å²) in [6.45, 7) is 4.69. The Hall–Kier alpha value is -2.98. The lowest BCUT2D eigenvalue weighted by Crippen LogP contribution is -2.71. The van der Waals surface area contributed by atoms with E-state index in [1.54, 1.807) is 5.32 Å². The normalized spacial score (nSPS) is 28.5. The minimum Gasteiger partial charge on any atom is -0.356 e.